The quantitative estimate of drug-likeness (QED) is 0.178. The van der Waals surface area contributed by atoms with Crippen LogP contribution >= 0.6 is 0 Å². The van der Waals surface area contributed by atoms with E-state index >= 15 is 0 Å². The Labute approximate surface area is 320 Å². The SMILES string of the molecule is Cc1ccc(N(c2ccc(-c3ccc4oc5ccccc5c4c3)cc2)c2ccc3c(c2)C(C)(C)c2cc(-n4c5ccccc5c5ccccc54)ccc2-3)cc1. The summed E-state index contributed by atoms with van der Waals surface area (Å²) in [6.07, 6.45) is 0. The molecule has 0 fully saturated rings. The fourth-order valence-corrected chi connectivity index (χ4v) is 9.04. The minimum Gasteiger partial charge on any atom is -0.456 e. The van der Waals surface area contributed by atoms with Gasteiger partial charge in [0.25, 0.3) is 0 Å². The molecular formula is C52H38N2O. The highest BCUT2D eigenvalue weighted by atomic mass is 16.3. The molecule has 2 aromatic heterocycles. The van der Waals surface area contributed by atoms with Gasteiger partial charge in [0.05, 0.1) is 11.0 Å². The van der Waals surface area contributed by atoms with Gasteiger partial charge in [0, 0.05) is 49.7 Å². The average molecular weight is 707 g/mol. The number of aromatic nitrogens is 1. The minimum absolute atomic E-state index is 0.200. The highest BCUT2D eigenvalue weighted by molar-refractivity contribution is 6.09. The summed E-state index contributed by atoms with van der Waals surface area (Å²) in [5.74, 6) is 0. The molecule has 0 bridgehead atoms. The Bertz CT molecular complexity index is 3070. The van der Waals surface area contributed by atoms with Crippen LogP contribution in [0.3, 0.4) is 0 Å². The molecule has 2 heterocycles. The molecule has 0 amide bonds. The summed E-state index contributed by atoms with van der Waals surface area (Å²) in [4.78, 5) is 2.39. The van der Waals surface area contributed by atoms with E-state index in [1.54, 1.807) is 0 Å². The molecule has 0 N–H and O–H groups in total. The topological polar surface area (TPSA) is 21.3 Å². The van der Waals surface area contributed by atoms with Crippen LogP contribution in [0.5, 0.6) is 0 Å². The molecule has 0 radical (unpaired) electrons. The summed E-state index contributed by atoms with van der Waals surface area (Å²) in [7, 11) is 0. The third-order valence-corrected chi connectivity index (χ3v) is 11.9. The van der Waals surface area contributed by atoms with E-state index in [0.717, 1.165) is 39.0 Å². The molecule has 8 aromatic carbocycles. The number of hydrogen-bond donors (Lipinski definition) is 0. The molecule has 55 heavy (non-hydrogen) atoms. The summed E-state index contributed by atoms with van der Waals surface area (Å²) in [6, 6.07) is 64.2. The Kier molecular flexibility index (Phi) is 6.81. The molecule has 11 rings (SSSR count). The second-order valence-electron chi connectivity index (χ2n) is 15.5. The van der Waals surface area contributed by atoms with Crippen LogP contribution in [-0.2, 0) is 5.41 Å². The fraction of sp³-hybridized carbons (Fsp3) is 0.0769. The number of benzene rings is 8. The number of aryl methyl sites for hydroxylation is 1. The largest absolute Gasteiger partial charge is 0.456 e. The van der Waals surface area contributed by atoms with Gasteiger partial charge < -0.3 is 13.9 Å². The Morgan fingerprint density at radius 1 is 0.455 bits per heavy atom. The van der Waals surface area contributed by atoms with Crippen LogP contribution in [0.4, 0.5) is 17.1 Å². The highest BCUT2D eigenvalue weighted by Crippen LogP contribution is 2.51. The van der Waals surface area contributed by atoms with Gasteiger partial charge in [-0.15, -0.1) is 0 Å². The van der Waals surface area contributed by atoms with Crippen molar-refractivity contribution in [2.75, 3.05) is 4.90 Å². The second kappa shape index (κ2) is 11.8. The zero-order chi connectivity index (χ0) is 36.8. The van der Waals surface area contributed by atoms with Crippen molar-refractivity contribution < 1.29 is 4.42 Å². The molecule has 262 valence electrons. The zero-order valence-corrected chi connectivity index (χ0v) is 31.0. The first-order valence-corrected chi connectivity index (χ1v) is 19.1. The van der Waals surface area contributed by atoms with E-state index in [-0.39, 0.29) is 5.41 Å². The van der Waals surface area contributed by atoms with E-state index in [0.29, 0.717) is 0 Å². The summed E-state index contributed by atoms with van der Waals surface area (Å²) in [5, 5.41) is 4.85. The van der Waals surface area contributed by atoms with E-state index in [2.05, 4.69) is 194 Å². The molecule has 0 spiro atoms. The van der Waals surface area contributed by atoms with Crippen LogP contribution < -0.4 is 4.90 Å². The first kappa shape index (κ1) is 31.7. The van der Waals surface area contributed by atoms with Crippen LogP contribution in [0.1, 0.15) is 30.5 Å². The van der Waals surface area contributed by atoms with Crippen molar-refractivity contribution in [1.29, 1.82) is 0 Å². The van der Waals surface area contributed by atoms with Gasteiger partial charge in [0.15, 0.2) is 0 Å². The number of nitrogens with zero attached hydrogens (tertiary/aromatic N) is 2. The van der Waals surface area contributed by atoms with Crippen molar-refractivity contribution in [3.8, 4) is 27.9 Å². The van der Waals surface area contributed by atoms with Gasteiger partial charge in [-0.1, -0.05) is 116 Å². The molecule has 0 saturated heterocycles. The number of hydrogen-bond acceptors (Lipinski definition) is 2. The molecule has 1 aliphatic carbocycles. The standard InChI is InChI=1S/C52H38N2O/c1-33-16-21-36(22-17-33)53(37-23-18-34(19-24-37)35-20-29-51-45(30-35)44-12-6-9-15-50(44)55-51)38-25-27-40-41-28-26-39(32-47(41)52(2,3)46(40)31-38)54-48-13-7-4-10-42(48)43-11-5-8-14-49(43)54/h4-32H,1-3H3. The number of rotatable bonds is 5. The normalized spacial score (nSPS) is 13.1. The van der Waals surface area contributed by atoms with E-state index in [1.807, 2.05) is 12.1 Å². The summed E-state index contributed by atoms with van der Waals surface area (Å²) < 4.78 is 8.54. The van der Waals surface area contributed by atoms with Gasteiger partial charge >= 0.3 is 0 Å². The molecule has 0 saturated carbocycles. The first-order chi connectivity index (χ1) is 26.9. The predicted molar refractivity (Wildman–Crippen MR) is 230 cm³/mol. The fourth-order valence-electron chi connectivity index (χ4n) is 9.04. The van der Waals surface area contributed by atoms with Gasteiger partial charge in [-0.25, -0.2) is 0 Å². The Balaban J connectivity index is 0.995. The minimum atomic E-state index is -0.200. The lowest BCUT2D eigenvalue weighted by molar-refractivity contribution is 0.660. The van der Waals surface area contributed by atoms with E-state index in [1.165, 1.54) is 66.4 Å². The highest BCUT2D eigenvalue weighted by Gasteiger charge is 2.36. The van der Waals surface area contributed by atoms with Crippen LogP contribution in [0.25, 0.3) is 71.7 Å². The van der Waals surface area contributed by atoms with Crippen LogP contribution in [0, 0.1) is 6.92 Å². The van der Waals surface area contributed by atoms with Gasteiger partial charge in [0.1, 0.15) is 11.2 Å². The molecule has 3 heteroatoms. The van der Waals surface area contributed by atoms with Crippen molar-refractivity contribution in [3.63, 3.8) is 0 Å². The maximum atomic E-state index is 6.11. The zero-order valence-electron chi connectivity index (χ0n) is 31.0. The van der Waals surface area contributed by atoms with Crippen LogP contribution in [0.15, 0.2) is 180 Å². The third kappa shape index (κ3) is 4.83. The predicted octanol–water partition coefficient (Wildman–Crippen LogP) is 14.4. The summed E-state index contributed by atoms with van der Waals surface area (Å²) in [6.45, 7) is 6.90. The monoisotopic (exact) mass is 706 g/mol. The summed E-state index contributed by atoms with van der Waals surface area (Å²) >= 11 is 0. The van der Waals surface area contributed by atoms with E-state index in [9.17, 15) is 0 Å². The third-order valence-electron chi connectivity index (χ3n) is 11.9. The van der Waals surface area contributed by atoms with Gasteiger partial charge in [-0.3, -0.25) is 0 Å². The first-order valence-electron chi connectivity index (χ1n) is 19.1. The lowest BCUT2D eigenvalue weighted by atomic mass is 9.82. The van der Waals surface area contributed by atoms with Gasteiger partial charge in [0.2, 0.25) is 0 Å². The average Bonchev–Trinajstić information content (AvgIpc) is 3.84. The molecule has 0 unspecified atom stereocenters. The maximum Gasteiger partial charge on any atom is 0.135 e. The maximum absolute atomic E-state index is 6.11. The van der Waals surface area contributed by atoms with E-state index in [4.69, 9.17) is 4.42 Å². The molecule has 10 aromatic rings. The van der Waals surface area contributed by atoms with Crippen molar-refractivity contribution >= 4 is 60.8 Å². The second-order valence-corrected chi connectivity index (χ2v) is 15.5. The molecule has 1 aliphatic rings. The Hall–Kier alpha value is -6.84. The van der Waals surface area contributed by atoms with Crippen LogP contribution in [0.2, 0.25) is 0 Å². The smallest absolute Gasteiger partial charge is 0.135 e. The Morgan fingerprint density at radius 2 is 1.00 bits per heavy atom. The van der Waals surface area contributed by atoms with Gasteiger partial charge in [-0.05, 0) is 119 Å². The number of para-hydroxylation sites is 3. The molecule has 0 aliphatic heterocycles. The number of anilines is 3. The van der Waals surface area contributed by atoms with Gasteiger partial charge in [-0.2, -0.15) is 0 Å². The number of fused-ring (bicyclic) bond motifs is 9. The van der Waals surface area contributed by atoms with E-state index < -0.39 is 0 Å². The lowest BCUT2D eigenvalue weighted by Gasteiger charge is -2.28. The molecule has 0 atom stereocenters. The van der Waals surface area contributed by atoms with Crippen molar-refractivity contribution in [2.45, 2.75) is 26.2 Å². The Morgan fingerprint density at radius 3 is 1.71 bits per heavy atom. The summed E-state index contributed by atoms with van der Waals surface area (Å²) in [5.41, 5.74) is 17.6. The van der Waals surface area contributed by atoms with Crippen molar-refractivity contribution in [2.24, 2.45) is 0 Å². The van der Waals surface area contributed by atoms with Crippen molar-refractivity contribution in [1.82, 2.24) is 4.57 Å². The van der Waals surface area contributed by atoms with Crippen LogP contribution in [-0.4, -0.2) is 4.57 Å². The molecular weight excluding hydrogens is 669 g/mol. The lowest BCUT2D eigenvalue weighted by Crippen LogP contribution is -2.17. The van der Waals surface area contributed by atoms with Crippen molar-refractivity contribution in [3.05, 3.63) is 193 Å². The molecule has 3 nitrogen and oxygen atoms in total. The number of furan rings is 1.